The van der Waals surface area contributed by atoms with Crippen molar-refractivity contribution in [3.05, 3.63) is 0 Å². The van der Waals surface area contributed by atoms with Gasteiger partial charge in [0.05, 0.1) is 37.4 Å². The van der Waals surface area contributed by atoms with Gasteiger partial charge in [-0.3, -0.25) is 9.18 Å². The second kappa shape index (κ2) is 5.63. The molecular weight excluding hydrogens is 289 g/mol. The maximum Gasteiger partial charge on any atom is 0.228 e. The van der Waals surface area contributed by atoms with Gasteiger partial charge in [0, 0.05) is 5.92 Å². The Morgan fingerprint density at radius 2 is 2.05 bits per heavy atom. The highest BCUT2D eigenvalue weighted by Crippen LogP contribution is 2.40. The van der Waals surface area contributed by atoms with E-state index < -0.39 is 15.0 Å². The Bertz CT molecular complexity index is 406. The molecular formula is C15H28FNO3Si. The Hall–Kier alpha value is -0.463. The summed E-state index contributed by atoms with van der Waals surface area (Å²) in [6.07, 6.45) is -0.222. The zero-order valence-electron chi connectivity index (χ0n) is 13.9. The maximum absolute atomic E-state index is 13.2. The number of nitrogens with one attached hydrogen (secondary N) is 1. The molecule has 0 aromatic carbocycles. The molecule has 0 aromatic heterocycles. The molecule has 2 saturated heterocycles. The molecule has 2 aliphatic heterocycles. The van der Waals surface area contributed by atoms with E-state index in [1.807, 2.05) is 6.92 Å². The molecule has 1 N–H and O–H groups in total. The van der Waals surface area contributed by atoms with E-state index in [4.69, 9.17) is 9.16 Å². The number of hydrogen-bond acceptors (Lipinski definition) is 3. The van der Waals surface area contributed by atoms with E-state index >= 15 is 0 Å². The van der Waals surface area contributed by atoms with Crippen molar-refractivity contribution >= 4 is 14.2 Å². The quantitative estimate of drug-likeness (QED) is 0.465. The summed E-state index contributed by atoms with van der Waals surface area (Å²) in [5, 5.41) is 2.94. The summed E-state index contributed by atoms with van der Waals surface area (Å²) in [5.41, 5.74) is 0. The average Bonchev–Trinajstić information content (AvgIpc) is 3.10. The first-order valence-corrected chi connectivity index (χ1v) is 10.6. The van der Waals surface area contributed by atoms with Crippen molar-refractivity contribution in [1.82, 2.24) is 5.32 Å². The normalized spacial score (nSPS) is 32.1. The summed E-state index contributed by atoms with van der Waals surface area (Å²) < 4.78 is 24.8. The molecule has 2 rings (SSSR count). The van der Waals surface area contributed by atoms with Crippen molar-refractivity contribution in [2.45, 2.75) is 64.1 Å². The number of epoxide rings is 1. The van der Waals surface area contributed by atoms with Crippen LogP contribution in [-0.2, 0) is 14.0 Å². The van der Waals surface area contributed by atoms with Gasteiger partial charge in [-0.25, -0.2) is 0 Å². The predicted octanol–water partition coefficient (Wildman–Crippen LogP) is 2.50. The third-order valence-electron chi connectivity index (χ3n) is 5.27. The lowest BCUT2D eigenvalue weighted by Gasteiger charge is -2.47. The van der Waals surface area contributed by atoms with Crippen LogP contribution in [0, 0.1) is 11.8 Å². The number of rotatable bonds is 6. The minimum atomic E-state index is -1.93. The Morgan fingerprint density at radius 3 is 2.43 bits per heavy atom. The Morgan fingerprint density at radius 1 is 1.48 bits per heavy atom. The van der Waals surface area contributed by atoms with Gasteiger partial charge < -0.3 is 14.5 Å². The van der Waals surface area contributed by atoms with Crippen molar-refractivity contribution < 1.29 is 18.3 Å². The second-order valence-corrected chi connectivity index (χ2v) is 12.6. The van der Waals surface area contributed by atoms with E-state index in [2.05, 4.69) is 39.2 Å². The molecule has 2 aliphatic rings. The molecule has 2 fully saturated rings. The fraction of sp³-hybridized carbons (Fsp3) is 0.933. The van der Waals surface area contributed by atoms with Crippen LogP contribution in [0.1, 0.15) is 27.7 Å². The summed E-state index contributed by atoms with van der Waals surface area (Å²) >= 11 is 0. The van der Waals surface area contributed by atoms with Crippen LogP contribution >= 0.6 is 0 Å². The van der Waals surface area contributed by atoms with Gasteiger partial charge in [0.15, 0.2) is 8.32 Å². The molecule has 122 valence electrons. The molecule has 6 heteroatoms. The Balaban J connectivity index is 2.03. The first-order chi connectivity index (χ1) is 9.58. The highest BCUT2D eigenvalue weighted by Gasteiger charge is 2.53. The highest BCUT2D eigenvalue weighted by atomic mass is 28.4. The lowest BCUT2D eigenvalue weighted by Crippen LogP contribution is -2.67. The van der Waals surface area contributed by atoms with E-state index in [9.17, 15) is 9.18 Å². The number of carbonyl (C=O) groups excluding carboxylic acids is 1. The largest absolute Gasteiger partial charge is 0.413 e. The van der Waals surface area contributed by atoms with Gasteiger partial charge in [-0.2, -0.15) is 0 Å². The number of hydrogen-bond donors (Lipinski definition) is 1. The van der Waals surface area contributed by atoms with E-state index in [1.54, 1.807) is 0 Å². The molecule has 21 heavy (non-hydrogen) atoms. The molecule has 5 atom stereocenters. The highest BCUT2D eigenvalue weighted by molar-refractivity contribution is 6.74. The van der Waals surface area contributed by atoms with Crippen LogP contribution in [0.3, 0.4) is 0 Å². The van der Waals surface area contributed by atoms with Crippen LogP contribution in [0.5, 0.6) is 0 Å². The van der Waals surface area contributed by atoms with E-state index in [1.165, 1.54) is 0 Å². The monoisotopic (exact) mass is 317 g/mol. The van der Waals surface area contributed by atoms with Crippen molar-refractivity contribution in [3.8, 4) is 0 Å². The third-order valence-corrected chi connectivity index (χ3v) is 9.84. The van der Waals surface area contributed by atoms with Crippen LogP contribution in [0.2, 0.25) is 18.1 Å². The van der Waals surface area contributed by atoms with Crippen molar-refractivity contribution in [3.63, 3.8) is 0 Å². The first kappa shape index (κ1) is 16.9. The summed E-state index contributed by atoms with van der Waals surface area (Å²) in [6, 6.07) is -0.158. The molecule has 0 spiro atoms. The Labute approximate surface area is 127 Å². The fourth-order valence-electron chi connectivity index (χ4n) is 2.74. The lowest BCUT2D eigenvalue weighted by molar-refractivity contribution is -0.142. The number of alkyl halides is 1. The van der Waals surface area contributed by atoms with Gasteiger partial charge in [0.25, 0.3) is 0 Å². The van der Waals surface area contributed by atoms with Gasteiger partial charge in [-0.05, 0) is 25.1 Å². The number of carbonyl (C=O) groups is 1. The number of β-lactam (4-membered cyclic amide) rings is 1. The molecule has 0 aromatic rings. The minimum absolute atomic E-state index is 0.0229. The zero-order chi connectivity index (χ0) is 16.0. The van der Waals surface area contributed by atoms with Gasteiger partial charge in [0.2, 0.25) is 5.91 Å². The number of ether oxygens (including phenoxy) is 1. The maximum atomic E-state index is 13.2. The molecule has 4 nitrogen and oxygen atoms in total. The standard InChI is InChI=1S/C15H28FNO3Si/c1-9(20-21(5,6)15(2,3)4)12-13(17-14(12)18)10(7-16)11-8-19-11/h9-13H,7-8H2,1-6H3,(H,17,18)/t9-,10+,11+,12-,13-/m1/s1. The fourth-order valence-corrected chi connectivity index (χ4v) is 4.17. The Kier molecular flexibility index (Phi) is 4.53. The molecule has 0 unspecified atom stereocenters. The third kappa shape index (κ3) is 3.32. The van der Waals surface area contributed by atoms with Crippen molar-refractivity contribution in [2.24, 2.45) is 11.8 Å². The number of amides is 1. The van der Waals surface area contributed by atoms with E-state index in [0.717, 1.165) is 0 Å². The summed E-state index contributed by atoms with van der Waals surface area (Å²) in [4.78, 5) is 11.9. The SMILES string of the molecule is C[C@@H](O[Si](C)(C)C(C)(C)C)[C@H]1C(=O)N[C@@H]1[C@@H](CF)[C@@H]1CO1. The molecule has 0 radical (unpaired) electrons. The second-order valence-electron chi connectivity index (χ2n) is 7.83. The van der Waals surface area contributed by atoms with Crippen LogP contribution in [0.15, 0.2) is 0 Å². The van der Waals surface area contributed by atoms with E-state index in [-0.39, 0.29) is 41.0 Å². The lowest BCUT2D eigenvalue weighted by atomic mass is 9.77. The molecule has 2 heterocycles. The average molecular weight is 317 g/mol. The van der Waals surface area contributed by atoms with E-state index in [0.29, 0.717) is 6.61 Å². The molecule has 0 saturated carbocycles. The minimum Gasteiger partial charge on any atom is -0.413 e. The number of halogens is 1. The smallest absolute Gasteiger partial charge is 0.228 e. The predicted molar refractivity (Wildman–Crippen MR) is 82.4 cm³/mol. The zero-order valence-corrected chi connectivity index (χ0v) is 14.9. The van der Waals surface area contributed by atoms with Crippen LogP contribution in [0.25, 0.3) is 0 Å². The van der Waals surface area contributed by atoms with Crippen molar-refractivity contribution in [1.29, 1.82) is 0 Å². The summed E-state index contributed by atoms with van der Waals surface area (Å²) in [6.45, 7) is 13.0. The summed E-state index contributed by atoms with van der Waals surface area (Å²) in [5.74, 6) is -0.521. The first-order valence-electron chi connectivity index (χ1n) is 7.74. The molecule has 0 aliphatic carbocycles. The van der Waals surface area contributed by atoms with Gasteiger partial charge >= 0.3 is 0 Å². The van der Waals surface area contributed by atoms with Crippen LogP contribution < -0.4 is 5.32 Å². The van der Waals surface area contributed by atoms with Crippen LogP contribution in [-0.4, -0.2) is 45.8 Å². The van der Waals surface area contributed by atoms with Crippen molar-refractivity contribution in [2.75, 3.05) is 13.3 Å². The van der Waals surface area contributed by atoms with Gasteiger partial charge in [0.1, 0.15) is 0 Å². The molecule has 1 amide bonds. The topological polar surface area (TPSA) is 50.9 Å². The molecule has 0 bridgehead atoms. The van der Waals surface area contributed by atoms with Gasteiger partial charge in [-0.15, -0.1) is 0 Å². The summed E-state index contributed by atoms with van der Waals surface area (Å²) in [7, 11) is -1.93. The van der Waals surface area contributed by atoms with Crippen LogP contribution in [0.4, 0.5) is 4.39 Å². The van der Waals surface area contributed by atoms with Gasteiger partial charge in [-0.1, -0.05) is 20.8 Å².